The van der Waals surface area contributed by atoms with Gasteiger partial charge >= 0.3 is 0 Å². The van der Waals surface area contributed by atoms with Crippen molar-refractivity contribution in [1.29, 1.82) is 0 Å². The van der Waals surface area contributed by atoms with Crippen LogP contribution in [0.25, 0.3) is 10.8 Å². The van der Waals surface area contributed by atoms with Gasteiger partial charge in [0.25, 0.3) is 11.8 Å². The lowest BCUT2D eigenvalue weighted by atomic mass is 10.1. The SMILES string of the molecule is CC(C)CNC(=O)c1ccccc1NC(=O)COc1ccc2ccccc2c1. The van der Waals surface area contributed by atoms with E-state index in [1.165, 1.54) is 0 Å². The Morgan fingerprint density at radius 2 is 1.64 bits per heavy atom. The molecule has 3 aromatic rings. The van der Waals surface area contributed by atoms with Gasteiger partial charge in [0.1, 0.15) is 5.75 Å². The molecule has 0 radical (unpaired) electrons. The van der Waals surface area contributed by atoms with Crippen LogP contribution in [-0.4, -0.2) is 25.0 Å². The summed E-state index contributed by atoms with van der Waals surface area (Å²) in [5.41, 5.74) is 0.901. The van der Waals surface area contributed by atoms with Gasteiger partial charge in [-0.05, 0) is 41.0 Å². The first kappa shape index (κ1) is 19.4. The van der Waals surface area contributed by atoms with E-state index in [2.05, 4.69) is 10.6 Å². The Labute approximate surface area is 164 Å². The number of carbonyl (C=O) groups is 2. The van der Waals surface area contributed by atoms with Crippen LogP contribution in [0.4, 0.5) is 5.69 Å². The predicted molar refractivity (Wildman–Crippen MR) is 112 cm³/mol. The minimum atomic E-state index is -0.322. The van der Waals surface area contributed by atoms with E-state index in [9.17, 15) is 9.59 Å². The Balaban J connectivity index is 1.62. The summed E-state index contributed by atoms with van der Waals surface area (Å²) in [6.45, 7) is 4.49. The Morgan fingerprint density at radius 3 is 2.43 bits per heavy atom. The summed E-state index contributed by atoms with van der Waals surface area (Å²) in [6.07, 6.45) is 0. The summed E-state index contributed by atoms with van der Waals surface area (Å²) >= 11 is 0. The van der Waals surface area contributed by atoms with Gasteiger partial charge in [0.15, 0.2) is 6.61 Å². The molecule has 0 heterocycles. The molecule has 0 saturated heterocycles. The third-order valence-corrected chi connectivity index (χ3v) is 4.21. The molecular formula is C23H24N2O3. The second-order valence-corrected chi connectivity index (χ2v) is 7.00. The number of fused-ring (bicyclic) bond motifs is 1. The standard InChI is InChI=1S/C23H24N2O3/c1-16(2)14-24-23(27)20-9-5-6-10-21(20)25-22(26)15-28-19-12-11-17-7-3-4-8-18(17)13-19/h3-13,16H,14-15H2,1-2H3,(H,24,27)(H,25,26). The van der Waals surface area contributed by atoms with Crippen molar-refractivity contribution in [1.82, 2.24) is 5.32 Å². The fourth-order valence-corrected chi connectivity index (χ4v) is 2.77. The Bertz CT molecular complexity index is 982. The summed E-state index contributed by atoms with van der Waals surface area (Å²) in [5, 5.41) is 7.79. The Morgan fingerprint density at radius 1 is 0.929 bits per heavy atom. The number of rotatable bonds is 7. The van der Waals surface area contributed by atoms with Crippen LogP contribution in [0.1, 0.15) is 24.2 Å². The van der Waals surface area contributed by atoms with E-state index < -0.39 is 0 Å². The number of benzene rings is 3. The van der Waals surface area contributed by atoms with Crippen molar-refractivity contribution in [2.24, 2.45) is 5.92 Å². The molecule has 0 bridgehead atoms. The van der Waals surface area contributed by atoms with E-state index in [1.807, 2.05) is 56.3 Å². The number of para-hydroxylation sites is 1. The van der Waals surface area contributed by atoms with Crippen molar-refractivity contribution in [2.45, 2.75) is 13.8 Å². The van der Waals surface area contributed by atoms with Gasteiger partial charge in [-0.1, -0.05) is 56.3 Å². The maximum Gasteiger partial charge on any atom is 0.262 e. The van der Waals surface area contributed by atoms with Gasteiger partial charge in [-0.2, -0.15) is 0 Å². The topological polar surface area (TPSA) is 67.4 Å². The highest BCUT2D eigenvalue weighted by molar-refractivity contribution is 6.04. The molecule has 0 aliphatic rings. The zero-order valence-electron chi connectivity index (χ0n) is 16.1. The molecule has 2 amide bonds. The van der Waals surface area contributed by atoms with E-state index in [-0.39, 0.29) is 18.4 Å². The van der Waals surface area contributed by atoms with Gasteiger partial charge in [-0.15, -0.1) is 0 Å². The molecule has 144 valence electrons. The van der Waals surface area contributed by atoms with E-state index in [4.69, 9.17) is 4.74 Å². The van der Waals surface area contributed by atoms with Crippen molar-refractivity contribution < 1.29 is 14.3 Å². The highest BCUT2D eigenvalue weighted by Gasteiger charge is 2.13. The molecule has 5 heteroatoms. The molecule has 3 aromatic carbocycles. The van der Waals surface area contributed by atoms with Gasteiger partial charge < -0.3 is 15.4 Å². The van der Waals surface area contributed by atoms with Crippen LogP contribution in [0, 0.1) is 5.92 Å². The number of carbonyl (C=O) groups excluding carboxylic acids is 2. The average Bonchev–Trinajstić information content (AvgIpc) is 2.70. The lowest BCUT2D eigenvalue weighted by Gasteiger charge is -2.13. The van der Waals surface area contributed by atoms with E-state index in [1.54, 1.807) is 24.3 Å². The molecule has 0 atom stereocenters. The number of ether oxygens (including phenoxy) is 1. The first-order valence-electron chi connectivity index (χ1n) is 9.31. The fourth-order valence-electron chi connectivity index (χ4n) is 2.77. The normalized spacial score (nSPS) is 10.7. The second kappa shape index (κ2) is 9.04. The lowest BCUT2D eigenvalue weighted by Crippen LogP contribution is -2.29. The van der Waals surface area contributed by atoms with Gasteiger partial charge in [-0.25, -0.2) is 0 Å². The smallest absolute Gasteiger partial charge is 0.262 e. The quantitative estimate of drug-likeness (QED) is 0.648. The summed E-state index contributed by atoms with van der Waals surface area (Å²) in [6, 6.07) is 20.6. The fraction of sp³-hybridized carbons (Fsp3) is 0.217. The molecule has 0 aliphatic heterocycles. The van der Waals surface area contributed by atoms with Crippen LogP contribution < -0.4 is 15.4 Å². The summed E-state index contributed by atoms with van der Waals surface area (Å²) in [7, 11) is 0. The van der Waals surface area contributed by atoms with Crippen molar-refractivity contribution >= 4 is 28.3 Å². The van der Waals surface area contributed by atoms with E-state index in [0.717, 1.165) is 10.8 Å². The summed E-state index contributed by atoms with van der Waals surface area (Å²) in [5.74, 6) is 0.440. The second-order valence-electron chi connectivity index (χ2n) is 7.00. The van der Waals surface area contributed by atoms with Gasteiger partial charge in [0, 0.05) is 6.54 Å². The zero-order valence-corrected chi connectivity index (χ0v) is 16.1. The molecular weight excluding hydrogens is 352 g/mol. The van der Waals surface area contributed by atoms with Crippen molar-refractivity contribution in [3.8, 4) is 5.75 Å². The third kappa shape index (κ3) is 5.10. The number of hydrogen-bond acceptors (Lipinski definition) is 3. The van der Waals surface area contributed by atoms with E-state index >= 15 is 0 Å². The molecule has 0 spiro atoms. The van der Waals surface area contributed by atoms with E-state index in [0.29, 0.717) is 29.5 Å². The molecule has 0 aromatic heterocycles. The number of hydrogen-bond donors (Lipinski definition) is 2. The molecule has 0 saturated carbocycles. The van der Waals surface area contributed by atoms with Crippen LogP contribution in [0.5, 0.6) is 5.75 Å². The maximum absolute atomic E-state index is 12.4. The molecule has 2 N–H and O–H groups in total. The summed E-state index contributed by atoms with van der Waals surface area (Å²) in [4.78, 5) is 24.7. The molecule has 0 fully saturated rings. The Hall–Kier alpha value is -3.34. The monoisotopic (exact) mass is 376 g/mol. The van der Waals surface area contributed by atoms with Gasteiger partial charge in [-0.3, -0.25) is 9.59 Å². The molecule has 28 heavy (non-hydrogen) atoms. The number of nitrogens with one attached hydrogen (secondary N) is 2. The number of anilines is 1. The largest absolute Gasteiger partial charge is 0.484 e. The highest BCUT2D eigenvalue weighted by Crippen LogP contribution is 2.21. The maximum atomic E-state index is 12.4. The van der Waals surface area contributed by atoms with Crippen molar-refractivity contribution in [3.05, 3.63) is 72.3 Å². The minimum absolute atomic E-state index is 0.139. The molecule has 0 aliphatic carbocycles. The minimum Gasteiger partial charge on any atom is -0.484 e. The molecule has 5 nitrogen and oxygen atoms in total. The highest BCUT2D eigenvalue weighted by atomic mass is 16.5. The Kier molecular flexibility index (Phi) is 6.27. The van der Waals surface area contributed by atoms with Gasteiger partial charge in [0.05, 0.1) is 11.3 Å². The zero-order chi connectivity index (χ0) is 19.9. The average molecular weight is 376 g/mol. The van der Waals surface area contributed by atoms with Crippen LogP contribution in [0.2, 0.25) is 0 Å². The predicted octanol–water partition coefficient (Wildman–Crippen LogP) is 4.24. The van der Waals surface area contributed by atoms with Gasteiger partial charge in [0.2, 0.25) is 0 Å². The first-order valence-corrected chi connectivity index (χ1v) is 9.31. The van der Waals surface area contributed by atoms with Crippen LogP contribution in [0.3, 0.4) is 0 Å². The van der Waals surface area contributed by atoms with Crippen molar-refractivity contribution in [3.63, 3.8) is 0 Å². The first-order chi connectivity index (χ1) is 13.5. The number of amides is 2. The van der Waals surface area contributed by atoms with Crippen molar-refractivity contribution in [2.75, 3.05) is 18.5 Å². The van der Waals surface area contributed by atoms with Crippen LogP contribution in [-0.2, 0) is 4.79 Å². The van der Waals surface area contributed by atoms with Crippen LogP contribution >= 0.6 is 0 Å². The molecule has 0 unspecified atom stereocenters. The lowest BCUT2D eigenvalue weighted by molar-refractivity contribution is -0.118. The third-order valence-electron chi connectivity index (χ3n) is 4.21. The molecule has 3 rings (SSSR count). The van der Waals surface area contributed by atoms with Crippen LogP contribution in [0.15, 0.2) is 66.7 Å². The summed E-state index contributed by atoms with van der Waals surface area (Å²) < 4.78 is 5.61.